The molecule has 16 heavy (non-hydrogen) atoms. The highest BCUT2D eigenvalue weighted by molar-refractivity contribution is 9.10. The summed E-state index contributed by atoms with van der Waals surface area (Å²) < 4.78 is 1.19. The lowest BCUT2D eigenvalue weighted by Crippen LogP contribution is -2.28. The Labute approximate surface area is 106 Å². The van der Waals surface area contributed by atoms with Crippen LogP contribution in [0.3, 0.4) is 0 Å². The van der Waals surface area contributed by atoms with Crippen molar-refractivity contribution >= 4 is 21.6 Å². The quantitative estimate of drug-likeness (QED) is 0.855. The number of nitrogens with one attached hydrogen (secondary N) is 1. The van der Waals surface area contributed by atoms with Crippen LogP contribution in [0.4, 0.5) is 5.69 Å². The first-order valence-electron chi connectivity index (χ1n) is 5.88. The van der Waals surface area contributed by atoms with Crippen LogP contribution in [0.5, 0.6) is 0 Å². The van der Waals surface area contributed by atoms with Gasteiger partial charge in [-0.1, -0.05) is 15.9 Å². The summed E-state index contributed by atoms with van der Waals surface area (Å²) in [6.45, 7) is 1.12. The Bertz CT molecular complexity index is 365. The van der Waals surface area contributed by atoms with Gasteiger partial charge in [0.25, 0.3) is 0 Å². The van der Waals surface area contributed by atoms with Crippen LogP contribution >= 0.6 is 15.9 Å². The molecule has 1 atom stereocenters. The first kappa shape index (κ1) is 11.9. The molecule has 0 radical (unpaired) electrons. The van der Waals surface area contributed by atoms with Crippen molar-refractivity contribution in [3.05, 3.63) is 28.2 Å². The second-order valence-corrected chi connectivity index (χ2v) is 5.40. The van der Waals surface area contributed by atoms with E-state index in [0.29, 0.717) is 6.04 Å². The van der Waals surface area contributed by atoms with Gasteiger partial charge in [0.05, 0.1) is 0 Å². The number of halogens is 1. The fourth-order valence-electron chi connectivity index (χ4n) is 2.46. The summed E-state index contributed by atoms with van der Waals surface area (Å²) in [6.07, 6.45) is 3.71. The molecule has 0 aliphatic carbocycles. The topological polar surface area (TPSA) is 15.3 Å². The maximum atomic E-state index is 3.54. The number of hydrogen-bond acceptors (Lipinski definition) is 2. The number of likely N-dealkylation sites (N-methyl/N-ethyl adjacent to an activating group) is 1. The van der Waals surface area contributed by atoms with Gasteiger partial charge >= 0.3 is 0 Å². The van der Waals surface area contributed by atoms with Gasteiger partial charge < -0.3 is 10.2 Å². The zero-order valence-corrected chi connectivity index (χ0v) is 11.5. The zero-order valence-electron chi connectivity index (χ0n) is 9.96. The van der Waals surface area contributed by atoms with E-state index >= 15 is 0 Å². The maximum absolute atomic E-state index is 3.54. The Morgan fingerprint density at radius 2 is 2.31 bits per heavy atom. The molecular weight excluding hydrogens is 264 g/mol. The van der Waals surface area contributed by atoms with Crippen molar-refractivity contribution < 1.29 is 0 Å². The number of rotatable bonds is 4. The van der Waals surface area contributed by atoms with E-state index in [1.807, 2.05) is 7.05 Å². The van der Waals surface area contributed by atoms with Crippen LogP contribution in [0.25, 0.3) is 0 Å². The molecule has 0 spiro atoms. The molecule has 2 nitrogen and oxygen atoms in total. The third kappa shape index (κ3) is 2.41. The SMILES string of the molecule is CNCCCC1Cc2cc(Br)ccc2N1C. The summed E-state index contributed by atoms with van der Waals surface area (Å²) in [6, 6.07) is 7.28. The highest BCUT2D eigenvalue weighted by atomic mass is 79.9. The number of fused-ring (bicyclic) bond motifs is 1. The van der Waals surface area contributed by atoms with E-state index in [-0.39, 0.29) is 0 Å². The lowest BCUT2D eigenvalue weighted by molar-refractivity contribution is 0.564. The molecule has 0 fully saturated rings. The van der Waals surface area contributed by atoms with Gasteiger partial charge in [-0.25, -0.2) is 0 Å². The van der Waals surface area contributed by atoms with E-state index in [0.717, 1.165) is 6.54 Å². The second kappa shape index (κ2) is 5.19. The molecule has 1 heterocycles. The van der Waals surface area contributed by atoms with Crippen molar-refractivity contribution in [2.45, 2.75) is 25.3 Å². The molecule has 1 aromatic rings. The monoisotopic (exact) mass is 282 g/mol. The minimum Gasteiger partial charge on any atom is -0.371 e. The first-order chi connectivity index (χ1) is 7.72. The maximum Gasteiger partial charge on any atom is 0.0400 e. The molecule has 1 aliphatic heterocycles. The van der Waals surface area contributed by atoms with Gasteiger partial charge in [0.2, 0.25) is 0 Å². The van der Waals surface area contributed by atoms with E-state index in [2.05, 4.69) is 51.4 Å². The zero-order chi connectivity index (χ0) is 11.5. The van der Waals surface area contributed by atoms with Crippen molar-refractivity contribution in [2.75, 3.05) is 25.5 Å². The fourth-order valence-corrected chi connectivity index (χ4v) is 2.87. The van der Waals surface area contributed by atoms with Crippen molar-refractivity contribution in [1.82, 2.24) is 5.32 Å². The standard InChI is InChI=1S/C13H19BrN2/c1-15-7-3-4-12-9-10-8-11(14)5-6-13(10)16(12)2/h5-6,8,12,15H,3-4,7,9H2,1-2H3. The molecule has 0 saturated carbocycles. The highest BCUT2D eigenvalue weighted by Crippen LogP contribution is 2.34. The third-order valence-corrected chi connectivity index (χ3v) is 3.88. The number of anilines is 1. The summed E-state index contributed by atoms with van der Waals surface area (Å²) in [5.74, 6) is 0. The Balaban J connectivity index is 2.02. The Kier molecular flexibility index (Phi) is 3.87. The Morgan fingerprint density at radius 1 is 1.50 bits per heavy atom. The van der Waals surface area contributed by atoms with Crippen LogP contribution in [0, 0.1) is 0 Å². The molecule has 0 aromatic heterocycles. The van der Waals surface area contributed by atoms with Crippen molar-refractivity contribution in [3.8, 4) is 0 Å². The minimum absolute atomic E-state index is 0.678. The van der Waals surface area contributed by atoms with E-state index in [4.69, 9.17) is 0 Å². The molecule has 3 heteroatoms. The average molecular weight is 283 g/mol. The normalized spacial score (nSPS) is 18.9. The van der Waals surface area contributed by atoms with E-state index in [1.165, 1.54) is 35.0 Å². The van der Waals surface area contributed by atoms with E-state index in [1.54, 1.807) is 0 Å². The largest absolute Gasteiger partial charge is 0.371 e. The van der Waals surface area contributed by atoms with Gasteiger partial charge in [0.15, 0.2) is 0 Å². The van der Waals surface area contributed by atoms with Crippen molar-refractivity contribution in [2.24, 2.45) is 0 Å². The molecule has 0 amide bonds. The average Bonchev–Trinajstić information content (AvgIpc) is 2.56. The summed E-state index contributed by atoms with van der Waals surface area (Å²) in [5.41, 5.74) is 2.88. The molecule has 0 saturated heterocycles. The Hall–Kier alpha value is -0.540. The fraction of sp³-hybridized carbons (Fsp3) is 0.538. The summed E-state index contributed by atoms with van der Waals surface area (Å²) in [4.78, 5) is 2.43. The van der Waals surface area contributed by atoms with Gasteiger partial charge in [-0.05, 0) is 56.6 Å². The Morgan fingerprint density at radius 3 is 3.06 bits per heavy atom. The molecule has 88 valence electrons. The number of nitrogens with zero attached hydrogens (tertiary/aromatic N) is 1. The predicted octanol–water partition coefficient (Wildman–Crippen LogP) is 2.81. The van der Waals surface area contributed by atoms with Crippen LogP contribution in [-0.4, -0.2) is 26.7 Å². The van der Waals surface area contributed by atoms with Crippen LogP contribution < -0.4 is 10.2 Å². The second-order valence-electron chi connectivity index (χ2n) is 4.49. The summed E-state index contributed by atoms with van der Waals surface area (Å²) >= 11 is 3.54. The van der Waals surface area contributed by atoms with Crippen LogP contribution in [0.15, 0.2) is 22.7 Å². The molecule has 2 rings (SSSR count). The van der Waals surface area contributed by atoms with Gasteiger partial charge in [-0.3, -0.25) is 0 Å². The smallest absolute Gasteiger partial charge is 0.0400 e. The molecule has 1 N–H and O–H groups in total. The summed E-state index contributed by atoms with van der Waals surface area (Å²) in [5, 5.41) is 3.21. The number of hydrogen-bond donors (Lipinski definition) is 1. The number of benzene rings is 1. The summed E-state index contributed by atoms with van der Waals surface area (Å²) in [7, 11) is 4.23. The predicted molar refractivity (Wildman–Crippen MR) is 73.2 cm³/mol. The van der Waals surface area contributed by atoms with E-state index < -0.39 is 0 Å². The van der Waals surface area contributed by atoms with Gasteiger partial charge in [-0.15, -0.1) is 0 Å². The molecule has 0 bridgehead atoms. The van der Waals surface area contributed by atoms with Crippen molar-refractivity contribution in [1.29, 1.82) is 0 Å². The lowest BCUT2D eigenvalue weighted by Gasteiger charge is -2.22. The van der Waals surface area contributed by atoms with E-state index in [9.17, 15) is 0 Å². The van der Waals surface area contributed by atoms with Gasteiger partial charge in [0.1, 0.15) is 0 Å². The minimum atomic E-state index is 0.678. The first-order valence-corrected chi connectivity index (χ1v) is 6.67. The third-order valence-electron chi connectivity index (χ3n) is 3.39. The lowest BCUT2D eigenvalue weighted by atomic mass is 10.1. The van der Waals surface area contributed by atoms with Crippen LogP contribution in [0.2, 0.25) is 0 Å². The van der Waals surface area contributed by atoms with Gasteiger partial charge in [-0.2, -0.15) is 0 Å². The molecule has 1 aromatic carbocycles. The molecule has 1 aliphatic rings. The molecular formula is C13H19BrN2. The van der Waals surface area contributed by atoms with Gasteiger partial charge in [0, 0.05) is 23.2 Å². The van der Waals surface area contributed by atoms with Crippen molar-refractivity contribution in [3.63, 3.8) is 0 Å². The van der Waals surface area contributed by atoms with Crippen LogP contribution in [0.1, 0.15) is 18.4 Å². The molecule has 1 unspecified atom stereocenters. The highest BCUT2D eigenvalue weighted by Gasteiger charge is 2.25. The van der Waals surface area contributed by atoms with Crippen LogP contribution in [-0.2, 0) is 6.42 Å².